The zero-order valence-corrected chi connectivity index (χ0v) is 13.8. The van der Waals surface area contributed by atoms with Crippen LogP contribution in [0, 0.1) is 0 Å². The van der Waals surface area contributed by atoms with Gasteiger partial charge in [-0.15, -0.1) is 0 Å². The Morgan fingerprint density at radius 3 is 2.33 bits per heavy atom. The zero-order chi connectivity index (χ0) is 16.3. The fourth-order valence-electron chi connectivity index (χ4n) is 3.68. The second kappa shape index (κ2) is 4.81. The second-order valence-electron chi connectivity index (χ2n) is 6.74. The summed E-state index contributed by atoms with van der Waals surface area (Å²) >= 11 is 0. The molecule has 0 atom stereocenters. The van der Waals surface area contributed by atoms with Gasteiger partial charge in [0.25, 0.3) is 0 Å². The predicted octanol–water partition coefficient (Wildman–Crippen LogP) is 5.92. The van der Waals surface area contributed by atoms with Crippen LogP contribution in [0.25, 0.3) is 38.4 Å². The van der Waals surface area contributed by atoms with E-state index in [4.69, 9.17) is 4.98 Å². The Morgan fingerprint density at radius 2 is 1.50 bits per heavy atom. The summed E-state index contributed by atoms with van der Waals surface area (Å²) in [6.07, 6.45) is 0. The first-order chi connectivity index (χ1) is 11.7. The third kappa shape index (κ3) is 1.74. The van der Waals surface area contributed by atoms with Crippen LogP contribution in [0.1, 0.15) is 25.3 Å². The molecule has 5 rings (SSSR count). The largest absolute Gasteiger partial charge is 0.292 e. The lowest BCUT2D eigenvalue weighted by molar-refractivity contribution is 0.868. The summed E-state index contributed by atoms with van der Waals surface area (Å²) in [5.41, 5.74) is 5.86. The van der Waals surface area contributed by atoms with E-state index in [1.165, 1.54) is 32.8 Å². The van der Waals surface area contributed by atoms with Crippen LogP contribution in [-0.2, 0) is 0 Å². The van der Waals surface area contributed by atoms with E-state index < -0.39 is 0 Å². The monoisotopic (exact) mass is 310 g/mol. The Kier molecular flexibility index (Phi) is 2.72. The first-order valence-electron chi connectivity index (χ1n) is 8.45. The summed E-state index contributed by atoms with van der Waals surface area (Å²) in [6, 6.07) is 23.8. The van der Waals surface area contributed by atoms with E-state index in [1.54, 1.807) is 0 Å². The summed E-state index contributed by atoms with van der Waals surface area (Å²) in [5.74, 6) is 0.505. The molecule has 2 heterocycles. The van der Waals surface area contributed by atoms with Crippen molar-refractivity contribution in [2.45, 2.75) is 19.8 Å². The highest BCUT2D eigenvalue weighted by Gasteiger charge is 2.13. The lowest BCUT2D eigenvalue weighted by Gasteiger charge is -2.12. The minimum atomic E-state index is 0.505. The van der Waals surface area contributed by atoms with Gasteiger partial charge >= 0.3 is 0 Å². The SMILES string of the molecule is CC(C)c1ccc2c3ccccc3c3nc4ccccc4n3c2c1. The van der Waals surface area contributed by atoms with Crippen LogP contribution in [0.15, 0.2) is 66.7 Å². The lowest BCUT2D eigenvalue weighted by Crippen LogP contribution is -1.94. The number of para-hydroxylation sites is 2. The van der Waals surface area contributed by atoms with Gasteiger partial charge < -0.3 is 0 Å². The average Bonchev–Trinajstić information content (AvgIpc) is 3.01. The molecule has 5 aromatic rings. The number of hydrogen-bond donors (Lipinski definition) is 0. The zero-order valence-electron chi connectivity index (χ0n) is 13.8. The van der Waals surface area contributed by atoms with Gasteiger partial charge in [-0.25, -0.2) is 4.98 Å². The standard InChI is InChI=1S/C22H18N2/c1-14(2)15-11-12-17-16-7-3-4-8-18(16)22-23-19-9-5-6-10-20(19)24(22)21(17)13-15/h3-14H,1-2H3. The highest BCUT2D eigenvalue weighted by atomic mass is 15.0. The normalized spacial score (nSPS) is 12.1. The van der Waals surface area contributed by atoms with E-state index in [1.807, 2.05) is 0 Å². The molecule has 2 heteroatoms. The van der Waals surface area contributed by atoms with Crippen molar-refractivity contribution in [3.63, 3.8) is 0 Å². The van der Waals surface area contributed by atoms with Crippen molar-refractivity contribution in [3.8, 4) is 0 Å². The Bertz CT molecular complexity index is 1230. The molecule has 0 unspecified atom stereocenters. The minimum Gasteiger partial charge on any atom is -0.292 e. The van der Waals surface area contributed by atoms with Crippen molar-refractivity contribution in [1.29, 1.82) is 0 Å². The van der Waals surface area contributed by atoms with Gasteiger partial charge in [0, 0.05) is 10.8 Å². The first kappa shape index (κ1) is 13.6. The van der Waals surface area contributed by atoms with E-state index in [0.29, 0.717) is 5.92 Å². The molecule has 0 saturated heterocycles. The molecular weight excluding hydrogens is 292 g/mol. The molecule has 24 heavy (non-hydrogen) atoms. The van der Waals surface area contributed by atoms with Gasteiger partial charge in [0.1, 0.15) is 5.65 Å². The summed E-state index contributed by atoms with van der Waals surface area (Å²) < 4.78 is 2.32. The third-order valence-electron chi connectivity index (χ3n) is 4.95. The summed E-state index contributed by atoms with van der Waals surface area (Å²) in [5, 5.41) is 3.76. The average molecular weight is 310 g/mol. The third-order valence-corrected chi connectivity index (χ3v) is 4.95. The Labute approximate surface area is 140 Å². The van der Waals surface area contributed by atoms with Gasteiger partial charge in [-0.1, -0.05) is 62.4 Å². The van der Waals surface area contributed by atoms with Crippen LogP contribution in [0.4, 0.5) is 0 Å². The van der Waals surface area contributed by atoms with Crippen molar-refractivity contribution >= 4 is 38.4 Å². The minimum absolute atomic E-state index is 0.505. The van der Waals surface area contributed by atoms with Crippen LogP contribution >= 0.6 is 0 Å². The van der Waals surface area contributed by atoms with Crippen molar-refractivity contribution in [2.24, 2.45) is 0 Å². The van der Waals surface area contributed by atoms with Crippen LogP contribution in [0.2, 0.25) is 0 Å². The maximum absolute atomic E-state index is 4.93. The lowest BCUT2D eigenvalue weighted by atomic mass is 9.99. The van der Waals surface area contributed by atoms with Gasteiger partial charge in [-0.05, 0) is 35.1 Å². The van der Waals surface area contributed by atoms with Crippen molar-refractivity contribution in [3.05, 3.63) is 72.3 Å². The molecule has 0 aliphatic heterocycles. The summed E-state index contributed by atoms with van der Waals surface area (Å²) in [7, 11) is 0. The molecule has 0 fully saturated rings. The van der Waals surface area contributed by atoms with Crippen LogP contribution < -0.4 is 0 Å². The highest BCUT2D eigenvalue weighted by Crippen LogP contribution is 2.33. The smallest absolute Gasteiger partial charge is 0.146 e. The van der Waals surface area contributed by atoms with Crippen molar-refractivity contribution in [2.75, 3.05) is 0 Å². The van der Waals surface area contributed by atoms with E-state index in [0.717, 1.165) is 11.2 Å². The molecule has 0 saturated carbocycles. The van der Waals surface area contributed by atoms with Gasteiger partial charge in [0.05, 0.1) is 16.6 Å². The molecule has 3 aromatic carbocycles. The van der Waals surface area contributed by atoms with Crippen molar-refractivity contribution in [1.82, 2.24) is 9.38 Å². The topological polar surface area (TPSA) is 17.3 Å². The molecule has 0 N–H and O–H groups in total. The van der Waals surface area contributed by atoms with E-state index in [2.05, 4.69) is 85.0 Å². The fourth-order valence-corrected chi connectivity index (χ4v) is 3.68. The maximum atomic E-state index is 4.93. The summed E-state index contributed by atoms with van der Waals surface area (Å²) in [4.78, 5) is 4.93. The highest BCUT2D eigenvalue weighted by molar-refractivity contribution is 6.13. The van der Waals surface area contributed by atoms with E-state index in [-0.39, 0.29) is 0 Å². The van der Waals surface area contributed by atoms with Crippen LogP contribution in [0.3, 0.4) is 0 Å². The number of rotatable bonds is 1. The number of hydrogen-bond acceptors (Lipinski definition) is 1. The van der Waals surface area contributed by atoms with Crippen LogP contribution in [-0.4, -0.2) is 9.38 Å². The van der Waals surface area contributed by atoms with Gasteiger partial charge in [0.2, 0.25) is 0 Å². The quantitative estimate of drug-likeness (QED) is 0.351. The Balaban J connectivity index is 2.14. The molecule has 0 amide bonds. The molecule has 116 valence electrons. The van der Waals surface area contributed by atoms with Gasteiger partial charge in [0.15, 0.2) is 0 Å². The number of nitrogens with zero attached hydrogens (tertiary/aromatic N) is 2. The molecule has 2 nitrogen and oxygen atoms in total. The predicted molar refractivity (Wildman–Crippen MR) is 102 cm³/mol. The van der Waals surface area contributed by atoms with Crippen molar-refractivity contribution < 1.29 is 0 Å². The second-order valence-corrected chi connectivity index (χ2v) is 6.74. The Morgan fingerprint density at radius 1 is 0.750 bits per heavy atom. The number of aromatic nitrogens is 2. The maximum Gasteiger partial charge on any atom is 0.146 e. The van der Waals surface area contributed by atoms with E-state index >= 15 is 0 Å². The molecule has 0 aliphatic rings. The molecule has 0 radical (unpaired) electrons. The fraction of sp³-hybridized carbons (Fsp3) is 0.136. The first-order valence-corrected chi connectivity index (χ1v) is 8.45. The molecule has 0 bridgehead atoms. The number of imidazole rings is 1. The summed E-state index contributed by atoms with van der Waals surface area (Å²) in [6.45, 7) is 4.48. The number of benzene rings is 3. The van der Waals surface area contributed by atoms with Gasteiger partial charge in [-0.3, -0.25) is 4.40 Å². The van der Waals surface area contributed by atoms with Gasteiger partial charge in [-0.2, -0.15) is 0 Å². The van der Waals surface area contributed by atoms with Crippen LogP contribution in [0.5, 0.6) is 0 Å². The molecule has 2 aromatic heterocycles. The number of fused-ring (bicyclic) bond motifs is 8. The molecule has 0 spiro atoms. The van der Waals surface area contributed by atoms with E-state index in [9.17, 15) is 0 Å². The molecular formula is C22H18N2. The molecule has 0 aliphatic carbocycles. The number of pyridine rings is 1. The Hall–Kier alpha value is -2.87.